The van der Waals surface area contributed by atoms with Crippen LogP contribution in [0.5, 0.6) is 0 Å². The van der Waals surface area contributed by atoms with Crippen molar-refractivity contribution < 1.29 is 14.7 Å². The largest absolute Gasteiger partial charge is 0.478 e. The van der Waals surface area contributed by atoms with Crippen LogP contribution in [0.25, 0.3) is 0 Å². The van der Waals surface area contributed by atoms with E-state index in [0.29, 0.717) is 0 Å². The standard InChI is InChI=1S/C14H15N3O3/c18-12(19)9-5-4-8-15-10(9)11-16-13(20)14(17-11)6-2-1-3-7-14/h4-5,8H,1-3,6-7H2,(H,18,19)(H,16,17,20). The fourth-order valence-electron chi connectivity index (χ4n) is 2.87. The first-order valence-corrected chi connectivity index (χ1v) is 6.72. The van der Waals surface area contributed by atoms with Gasteiger partial charge in [0.2, 0.25) is 0 Å². The Morgan fingerprint density at radius 3 is 2.75 bits per heavy atom. The Bertz CT molecular complexity index is 603. The van der Waals surface area contributed by atoms with E-state index in [4.69, 9.17) is 0 Å². The maximum atomic E-state index is 12.2. The van der Waals surface area contributed by atoms with E-state index in [9.17, 15) is 14.7 Å². The molecule has 0 unspecified atom stereocenters. The van der Waals surface area contributed by atoms with Gasteiger partial charge in [0.1, 0.15) is 11.2 Å². The number of amidine groups is 1. The number of nitrogens with one attached hydrogen (secondary N) is 1. The number of aromatic carboxylic acids is 1. The summed E-state index contributed by atoms with van der Waals surface area (Å²) in [6.07, 6.45) is 6.00. The maximum absolute atomic E-state index is 12.2. The van der Waals surface area contributed by atoms with Crippen LogP contribution in [0.3, 0.4) is 0 Å². The zero-order valence-corrected chi connectivity index (χ0v) is 10.9. The Morgan fingerprint density at radius 2 is 2.05 bits per heavy atom. The van der Waals surface area contributed by atoms with Crippen molar-refractivity contribution in [1.82, 2.24) is 10.3 Å². The van der Waals surface area contributed by atoms with Crippen LogP contribution in [-0.2, 0) is 4.79 Å². The van der Waals surface area contributed by atoms with Crippen molar-refractivity contribution in [3.05, 3.63) is 29.6 Å². The summed E-state index contributed by atoms with van der Waals surface area (Å²) in [6.45, 7) is 0. The molecule has 0 aromatic carbocycles. The quantitative estimate of drug-likeness (QED) is 0.851. The molecule has 1 saturated carbocycles. The predicted octanol–water partition coefficient (Wildman–Crippen LogP) is 1.36. The number of aromatic nitrogens is 1. The Kier molecular flexibility index (Phi) is 3.00. The number of pyridine rings is 1. The van der Waals surface area contributed by atoms with Gasteiger partial charge in [0.05, 0.1) is 5.56 Å². The molecular formula is C14H15N3O3. The van der Waals surface area contributed by atoms with Crippen molar-refractivity contribution in [1.29, 1.82) is 0 Å². The Hall–Kier alpha value is -2.24. The van der Waals surface area contributed by atoms with E-state index in [-0.39, 0.29) is 23.0 Å². The number of aliphatic imine (C=N–C) groups is 1. The van der Waals surface area contributed by atoms with Gasteiger partial charge >= 0.3 is 5.97 Å². The van der Waals surface area contributed by atoms with Crippen LogP contribution < -0.4 is 5.32 Å². The third kappa shape index (κ3) is 1.97. The Labute approximate surface area is 115 Å². The number of carboxylic acids is 1. The molecule has 3 rings (SSSR count). The van der Waals surface area contributed by atoms with Crippen molar-refractivity contribution >= 4 is 17.7 Å². The van der Waals surface area contributed by atoms with Crippen molar-refractivity contribution in [3.63, 3.8) is 0 Å². The topological polar surface area (TPSA) is 91.7 Å². The molecule has 0 radical (unpaired) electrons. The summed E-state index contributed by atoms with van der Waals surface area (Å²) < 4.78 is 0. The first kappa shape index (κ1) is 12.8. The third-order valence-electron chi connectivity index (χ3n) is 3.92. The lowest BCUT2D eigenvalue weighted by molar-refractivity contribution is -0.124. The van der Waals surface area contributed by atoms with Gasteiger partial charge < -0.3 is 10.4 Å². The minimum absolute atomic E-state index is 0.0550. The van der Waals surface area contributed by atoms with E-state index in [1.807, 2.05) is 0 Å². The van der Waals surface area contributed by atoms with E-state index in [1.54, 1.807) is 6.07 Å². The van der Waals surface area contributed by atoms with Gasteiger partial charge in [-0.25, -0.2) is 9.79 Å². The van der Waals surface area contributed by atoms with Gasteiger partial charge in [-0.1, -0.05) is 19.3 Å². The van der Waals surface area contributed by atoms with Crippen molar-refractivity contribution in [2.24, 2.45) is 4.99 Å². The van der Waals surface area contributed by atoms with Crippen molar-refractivity contribution in [2.75, 3.05) is 0 Å². The van der Waals surface area contributed by atoms with E-state index in [0.717, 1.165) is 32.1 Å². The Morgan fingerprint density at radius 1 is 1.30 bits per heavy atom. The summed E-state index contributed by atoms with van der Waals surface area (Å²) in [5, 5.41) is 11.9. The number of carbonyl (C=O) groups excluding carboxylic acids is 1. The maximum Gasteiger partial charge on any atom is 0.338 e. The summed E-state index contributed by atoms with van der Waals surface area (Å²) in [4.78, 5) is 32.0. The second-order valence-corrected chi connectivity index (χ2v) is 5.21. The van der Waals surface area contributed by atoms with Gasteiger partial charge in [0.25, 0.3) is 5.91 Å². The highest BCUT2D eigenvalue weighted by Crippen LogP contribution is 2.35. The molecular weight excluding hydrogens is 258 g/mol. The second-order valence-electron chi connectivity index (χ2n) is 5.21. The van der Waals surface area contributed by atoms with Gasteiger partial charge in [-0.15, -0.1) is 0 Å². The van der Waals surface area contributed by atoms with Crippen LogP contribution in [-0.4, -0.2) is 33.3 Å². The number of hydrogen-bond acceptors (Lipinski definition) is 4. The normalized spacial score (nSPS) is 20.6. The fourth-order valence-corrected chi connectivity index (χ4v) is 2.87. The highest BCUT2D eigenvalue weighted by molar-refractivity contribution is 6.17. The van der Waals surface area contributed by atoms with Crippen molar-refractivity contribution in [3.8, 4) is 0 Å². The number of carbonyl (C=O) groups is 2. The van der Waals surface area contributed by atoms with Gasteiger partial charge in [-0.2, -0.15) is 0 Å². The molecule has 2 heterocycles. The molecule has 0 saturated heterocycles. The molecule has 6 heteroatoms. The molecule has 1 aromatic heterocycles. The monoisotopic (exact) mass is 273 g/mol. The lowest BCUT2D eigenvalue weighted by Gasteiger charge is -2.27. The minimum atomic E-state index is -1.07. The second kappa shape index (κ2) is 4.70. The van der Waals surface area contributed by atoms with Crippen LogP contribution in [0.4, 0.5) is 0 Å². The van der Waals surface area contributed by atoms with Crippen LogP contribution in [0, 0.1) is 0 Å². The van der Waals surface area contributed by atoms with E-state index >= 15 is 0 Å². The van der Waals surface area contributed by atoms with E-state index in [1.165, 1.54) is 12.3 Å². The van der Waals surface area contributed by atoms with Crippen LogP contribution in [0.1, 0.15) is 48.2 Å². The van der Waals surface area contributed by atoms with Gasteiger partial charge in [0.15, 0.2) is 5.84 Å². The molecule has 0 atom stereocenters. The lowest BCUT2D eigenvalue weighted by Crippen LogP contribution is -2.41. The predicted molar refractivity (Wildman–Crippen MR) is 71.7 cm³/mol. The summed E-state index contributed by atoms with van der Waals surface area (Å²) in [7, 11) is 0. The zero-order chi connectivity index (χ0) is 14.2. The molecule has 6 nitrogen and oxygen atoms in total. The number of hydrogen-bond donors (Lipinski definition) is 2. The molecule has 2 N–H and O–H groups in total. The average molecular weight is 273 g/mol. The third-order valence-corrected chi connectivity index (χ3v) is 3.92. The smallest absolute Gasteiger partial charge is 0.338 e. The number of amides is 1. The molecule has 20 heavy (non-hydrogen) atoms. The molecule has 1 spiro atoms. The van der Waals surface area contributed by atoms with Crippen LogP contribution in [0.2, 0.25) is 0 Å². The molecule has 1 aliphatic carbocycles. The minimum Gasteiger partial charge on any atom is -0.478 e. The summed E-state index contributed by atoms with van der Waals surface area (Å²) >= 11 is 0. The summed E-state index contributed by atoms with van der Waals surface area (Å²) in [5.74, 6) is -0.918. The highest BCUT2D eigenvalue weighted by atomic mass is 16.4. The van der Waals surface area contributed by atoms with Crippen LogP contribution in [0.15, 0.2) is 23.3 Å². The summed E-state index contributed by atoms with van der Waals surface area (Å²) in [6, 6.07) is 3.02. The average Bonchev–Trinajstić information content (AvgIpc) is 2.76. The van der Waals surface area contributed by atoms with Crippen LogP contribution >= 0.6 is 0 Å². The number of rotatable bonds is 2. The SMILES string of the molecule is O=C(O)c1cccnc1C1=NC2(CCCCC2)C(=O)N1. The highest BCUT2D eigenvalue weighted by Gasteiger charge is 2.45. The van der Waals surface area contributed by atoms with E-state index < -0.39 is 11.5 Å². The van der Waals surface area contributed by atoms with Gasteiger partial charge in [-0.3, -0.25) is 9.78 Å². The van der Waals surface area contributed by atoms with Gasteiger partial charge in [0, 0.05) is 6.20 Å². The van der Waals surface area contributed by atoms with Crippen molar-refractivity contribution in [2.45, 2.75) is 37.6 Å². The summed E-state index contributed by atoms with van der Waals surface area (Å²) in [5.41, 5.74) is -0.420. The zero-order valence-electron chi connectivity index (χ0n) is 10.9. The Balaban J connectivity index is 2.02. The molecule has 0 bridgehead atoms. The van der Waals surface area contributed by atoms with E-state index in [2.05, 4.69) is 15.3 Å². The first-order valence-electron chi connectivity index (χ1n) is 6.72. The fraction of sp³-hybridized carbons (Fsp3) is 0.429. The molecule has 1 aliphatic heterocycles. The molecule has 1 aromatic rings. The lowest BCUT2D eigenvalue weighted by atomic mass is 9.82. The molecule has 1 fully saturated rings. The molecule has 1 amide bonds. The molecule has 104 valence electrons. The molecule has 2 aliphatic rings. The van der Waals surface area contributed by atoms with Gasteiger partial charge in [-0.05, 0) is 25.0 Å². The number of carboxylic acid groups (broad SMARTS) is 1. The number of nitrogens with zero attached hydrogens (tertiary/aromatic N) is 2. The first-order chi connectivity index (χ1) is 9.62.